The number of hydrogen-bond donors (Lipinski definition) is 2. The van der Waals surface area contributed by atoms with Crippen molar-refractivity contribution in [3.8, 4) is 0 Å². The molecule has 30 heavy (non-hydrogen) atoms. The zero-order valence-electron chi connectivity index (χ0n) is 15.9. The van der Waals surface area contributed by atoms with Crippen LogP contribution in [0.2, 0.25) is 0 Å². The molecule has 3 N–H and O–H groups in total. The molecule has 4 rings (SSSR count). The molecule has 0 saturated carbocycles. The lowest BCUT2D eigenvalue weighted by Gasteiger charge is -2.12. The van der Waals surface area contributed by atoms with Crippen LogP contribution in [-0.4, -0.2) is 24.4 Å². The van der Waals surface area contributed by atoms with Crippen molar-refractivity contribution in [2.24, 2.45) is 5.73 Å². The highest BCUT2D eigenvalue weighted by molar-refractivity contribution is 6.17. The van der Waals surface area contributed by atoms with Crippen LogP contribution in [0.3, 0.4) is 0 Å². The van der Waals surface area contributed by atoms with E-state index in [2.05, 4.69) is 5.32 Å². The average Bonchev–Trinajstić information content (AvgIpc) is 2.76. The number of para-hydroxylation sites is 1. The van der Waals surface area contributed by atoms with Crippen molar-refractivity contribution in [1.29, 1.82) is 0 Å². The first-order chi connectivity index (χ1) is 14.5. The van der Waals surface area contributed by atoms with E-state index in [0.29, 0.717) is 5.56 Å². The number of anilines is 1. The topological polar surface area (TPSA) is 98.5 Å². The number of ether oxygens (including phenoxy) is 1. The molecule has 0 radical (unpaired) electrons. The molecule has 0 spiro atoms. The van der Waals surface area contributed by atoms with E-state index in [-0.39, 0.29) is 11.3 Å². The Kier molecular flexibility index (Phi) is 5.13. The number of esters is 1. The Balaban J connectivity index is 1.58. The summed E-state index contributed by atoms with van der Waals surface area (Å²) in [5, 5.41) is 5.87. The molecule has 0 atom stereocenters. The van der Waals surface area contributed by atoms with Crippen molar-refractivity contribution in [2.75, 3.05) is 11.9 Å². The zero-order chi connectivity index (χ0) is 21.1. The van der Waals surface area contributed by atoms with Crippen LogP contribution in [0.5, 0.6) is 0 Å². The van der Waals surface area contributed by atoms with Gasteiger partial charge in [-0.3, -0.25) is 9.59 Å². The van der Waals surface area contributed by atoms with Crippen LogP contribution in [0.4, 0.5) is 5.69 Å². The predicted octanol–water partition coefficient (Wildman–Crippen LogP) is 3.89. The number of benzene rings is 4. The molecule has 4 aromatic rings. The summed E-state index contributed by atoms with van der Waals surface area (Å²) in [6, 6.07) is 23.4. The molecule has 0 aromatic heterocycles. The summed E-state index contributed by atoms with van der Waals surface area (Å²) in [6.45, 7) is -0.497. The number of nitrogens with two attached hydrogens (primary N) is 1. The van der Waals surface area contributed by atoms with E-state index in [1.807, 2.05) is 54.6 Å². The fourth-order valence-electron chi connectivity index (χ4n) is 3.43. The molecule has 0 bridgehead atoms. The van der Waals surface area contributed by atoms with Gasteiger partial charge >= 0.3 is 5.97 Å². The molecule has 0 aliphatic carbocycles. The summed E-state index contributed by atoms with van der Waals surface area (Å²) >= 11 is 0. The number of carbonyl (C=O) groups excluding carboxylic acids is 3. The standard InChI is InChI=1S/C24H18N2O4/c25-23(28)19-11-5-6-12-20(19)26-21(27)14-30-24(29)22-17-9-3-1-7-15(17)13-16-8-2-4-10-18(16)22/h1-13H,14H2,(H2,25,28)(H,26,27). The zero-order valence-corrected chi connectivity index (χ0v) is 15.9. The van der Waals surface area contributed by atoms with Crippen LogP contribution < -0.4 is 11.1 Å². The number of fused-ring (bicyclic) bond motifs is 2. The Labute approximate surface area is 172 Å². The predicted molar refractivity (Wildman–Crippen MR) is 115 cm³/mol. The molecule has 4 aromatic carbocycles. The van der Waals surface area contributed by atoms with Gasteiger partial charge in [-0.2, -0.15) is 0 Å². The van der Waals surface area contributed by atoms with Gasteiger partial charge in [0.1, 0.15) is 0 Å². The van der Waals surface area contributed by atoms with Gasteiger partial charge in [-0.1, -0.05) is 60.7 Å². The van der Waals surface area contributed by atoms with E-state index in [1.54, 1.807) is 18.2 Å². The van der Waals surface area contributed by atoms with Crippen LogP contribution in [0.15, 0.2) is 78.9 Å². The number of carbonyl (C=O) groups is 3. The second-order valence-corrected chi connectivity index (χ2v) is 6.73. The third-order valence-corrected chi connectivity index (χ3v) is 4.78. The molecule has 0 unspecified atom stereocenters. The first-order valence-electron chi connectivity index (χ1n) is 9.31. The molecule has 0 fully saturated rings. The van der Waals surface area contributed by atoms with Gasteiger partial charge in [0, 0.05) is 0 Å². The Bertz CT molecular complexity index is 1240. The number of amides is 2. The van der Waals surface area contributed by atoms with E-state index < -0.39 is 24.4 Å². The van der Waals surface area contributed by atoms with Gasteiger partial charge in [-0.15, -0.1) is 0 Å². The van der Waals surface area contributed by atoms with Crippen LogP contribution in [-0.2, 0) is 9.53 Å². The number of primary amides is 1. The third kappa shape index (κ3) is 3.71. The number of rotatable bonds is 5. The van der Waals surface area contributed by atoms with Gasteiger partial charge in [0.15, 0.2) is 6.61 Å². The molecular formula is C24H18N2O4. The average molecular weight is 398 g/mol. The molecule has 6 nitrogen and oxygen atoms in total. The highest BCUT2D eigenvalue weighted by Crippen LogP contribution is 2.29. The summed E-state index contributed by atoms with van der Waals surface area (Å²) in [7, 11) is 0. The van der Waals surface area contributed by atoms with Crippen molar-refractivity contribution >= 4 is 45.0 Å². The molecule has 0 heterocycles. The summed E-state index contributed by atoms with van der Waals surface area (Å²) < 4.78 is 5.31. The third-order valence-electron chi connectivity index (χ3n) is 4.78. The highest BCUT2D eigenvalue weighted by Gasteiger charge is 2.18. The van der Waals surface area contributed by atoms with Gasteiger partial charge in [0.2, 0.25) is 0 Å². The first kappa shape index (κ1) is 19.1. The first-order valence-corrected chi connectivity index (χ1v) is 9.31. The Morgan fingerprint density at radius 3 is 2.00 bits per heavy atom. The number of nitrogens with one attached hydrogen (secondary N) is 1. The van der Waals surface area contributed by atoms with E-state index in [1.165, 1.54) is 6.07 Å². The maximum absolute atomic E-state index is 12.9. The molecule has 6 heteroatoms. The quantitative estimate of drug-likeness (QED) is 0.394. The van der Waals surface area contributed by atoms with Gasteiger partial charge in [-0.25, -0.2) is 4.79 Å². The van der Waals surface area contributed by atoms with Crippen LogP contribution >= 0.6 is 0 Å². The van der Waals surface area contributed by atoms with Gasteiger partial charge in [0.25, 0.3) is 11.8 Å². The molecule has 0 aliphatic rings. The van der Waals surface area contributed by atoms with Crippen molar-refractivity contribution in [2.45, 2.75) is 0 Å². The lowest BCUT2D eigenvalue weighted by atomic mass is 9.97. The monoisotopic (exact) mass is 398 g/mol. The molecule has 2 amide bonds. The summed E-state index contributed by atoms with van der Waals surface area (Å²) in [5.74, 6) is -1.83. The van der Waals surface area contributed by atoms with Crippen LogP contribution in [0.25, 0.3) is 21.5 Å². The van der Waals surface area contributed by atoms with Crippen molar-refractivity contribution < 1.29 is 19.1 Å². The fraction of sp³-hybridized carbons (Fsp3) is 0.0417. The minimum Gasteiger partial charge on any atom is -0.452 e. The second kappa shape index (κ2) is 8.05. The summed E-state index contributed by atoms with van der Waals surface area (Å²) in [6.07, 6.45) is 0. The molecular weight excluding hydrogens is 380 g/mol. The SMILES string of the molecule is NC(=O)c1ccccc1NC(=O)COC(=O)c1c2ccccc2cc2ccccc12. The lowest BCUT2D eigenvalue weighted by molar-refractivity contribution is -0.119. The van der Waals surface area contributed by atoms with Crippen molar-refractivity contribution in [3.63, 3.8) is 0 Å². The normalized spacial score (nSPS) is 10.7. The summed E-state index contributed by atoms with van der Waals surface area (Å²) in [5.41, 5.74) is 6.17. The molecule has 148 valence electrons. The fourth-order valence-corrected chi connectivity index (χ4v) is 3.43. The van der Waals surface area contributed by atoms with Crippen LogP contribution in [0.1, 0.15) is 20.7 Å². The molecule has 0 aliphatic heterocycles. The van der Waals surface area contributed by atoms with E-state index in [9.17, 15) is 14.4 Å². The van der Waals surface area contributed by atoms with E-state index in [0.717, 1.165) is 21.5 Å². The molecule has 0 saturated heterocycles. The Morgan fingerprint density at radius 1 is 0.800 bits per heavy atom. The maximum Gasteiger partial charge on any atom is 0.339 e. The minimum absolute atomic E-state index is 0.178. The summed E-state index contributed by atoms with van der Waals surface area (Å²) in [4.78, 5) is 36.7. The van der Waals surface area contributed by atoms with Crippen molar-refractivity contribution in [3.05, 3.63) is 90.0 Å². The lowest BCUT2D eigenvalue weighted by Crippen LogP contribution is -2.23. The minimum atomic E-state index is -0.662. The van der Waals surface area contributed by atoms with E-state index in [4.69, 9.17) is 10.5 Å². The van der Waals surface area contributed by atoms with Crippen molar-refractivity contribution in [1.82, 2.24) is 0 Å². The van der Waals surface area contributed by atoms with Gasteiger partial charge < -0.3 is 15.8 Å². The van der Waals surface area contributed by atoms with Crippen LogP contribution in [0, 0.1) is 0 Å². The highest BCUT2D eigenvalue weighted by atomic mass is 16.5. The maximum atomic E-state index is 12.9. The van der Waals surface area contributed by atoms with E-state index >= 15 is 0 Å². The van der Waals surface area contributed by atoms with Gasteiger partial charge in [-0.05, 0) is 39.7 Å². The Morgan fingerprint density at radius 2 is 1.37 bits per heavy atom. The van der Waals surface area contributed by atoms with Gasteiger partial charge in [0.05, 0.1) is 16.8 Å². The smallest absolute Gasteiger partial charge is 0.339 e. The Hall–Kier alpha value is -4.19. The second-order valence-electron chi connectivity index (χ2n) is 6.73. The largest absolute Gasteiger partial charge is 0.452 e. The number of hydrogen-bond acceptors (Lipinski definition) is 4.